The van der Waals surface area contributed by atoms with Crippen molar-refractivity contribution in [2.75, 3.05) is 0 Å². The molecule has 3 heteroatoms. The minimum absolute atomic E-state index is 0.0540. The third-order valence-electron chi connectivity index (χ3n) is 5.90. The summed E-state index contributed by atoms with van der Waals surface area (Å²) < 4.78 is 6.06. The van der Waals surface area contributed by atoms with Gasteiger partial charge in [0.1, 0.15) is 5.60 Å². The standard InChI is InChI=1S/C22H34O3/c1-5-18(19-11-9-17(16-23)10-12-19)15-21(3,4)20(24)25-22(6-2)13-7-8-14-22/h9-12,18,23H,5-8,13-16H2,1-4H3. The highest BCUT2D eigenvalue weighted by Crippen LogP contribution is 2.40. The van der Waals surface area contributed by atoms with Gasteiger partial charge < -0.3 is 9.84 Å². The molecule has 1 atom stereocenters. The first-order valence-corrected chi connectivity index (χ1v) is 9.79. The quantitative estimate of drug-likeness (QED) is 0.645. The van der Waals surface area contributed by atoms with E-state index in [0.29, 0.717) is 5.92 Å². The van der Waals surface area contributed by atoms with E-state index in [1.807, 2.05) is 26.0 Å². The molecule has 0 heterocycles. The van der Waals surface area contributed by atoms with Gasteiger partial charge >= 0.3 is 5.97 Å². The van der Waals surface area contributed by atoms with Gasteiger partial charge in [-0.1, -0.05) is 38.1 Å². The Kier molecular flexibility index (Phi) is 6.67. The molecule has 1 aliphatic carbocycles. The van der Waals surface area contributed by atoms with Crippen LogP contribution >= 0.6 is 0 Å². The molecule has 1 saturated carbocycles. The fourth-order valence-electron chi connectivity index (χ4n) is 3.97. The van der Waals surface area contributed by atoms with Gasteiger partial charge in [0.05, 0.1) is 12.0 Å². The number of rotatable bonds is 8. The summed E-state index contributed by atoms with van der Waals surface area (Å²) >= 11 is 0. The van der Waals surface area contributed by atoms with Gasteiger partial charge in [-0.05, 0) is 75.8 Å². The van der Waals surface area contributed by atoms with Gasteiger partial charge in [-0.15, -0.1) is 0 Å². The predicted octanol–water partition coefficient (Wildman–Crippen LogP) is 5.35. The molecule has 1 aliphatic rings. The van der Waals surface area contributed by atoms with Crippen molar-refractivity contribution in [3.8, 4) is 0 Å². The average Bonchev–Trinajstić information content (AvgIpc) is 3.09. The average molecular weight is 347 g/mol. The minimum atomic E-state index is -0.499. The van der Waals surface area contributed by atoms with Crippen molar-refractivity contribution in [2.45, 2.75) is 90.8 Å². The molecule has 0 spiro atoms. The molecule has 0 bridgehead atoms. The second-order valence-electron chi connectivity index (χ2n) is 8.23. The molecule has 0 radical (unpaired) electrons. The molecular formula is C22H34O3. The number of aliphatic hydroxyl groups excluding tert-OH is 1. The first-order valence-electron chi connectivity index (χ1n) is 9.79. The van der Waals surface area contributed by atoms with Gasteiger partial charge in [0.25, 0.3) is 0 Å². The topological polar surface area (TPSA) is 46.5 Å². The Morgan fingerprint density at radius 2 is 1.80 bits per heavy atom. The summed E-state index contributed by atoms with van der Waals surface area (Å²) in [5.74, 6) is 0.262. The monoisotopic (exact) mass is 346 g/mol. The van der Waals surface area contributed by atoms with Crippen LogP contribution in [0.3, 0.4) is 0 Å². The zero-order chi connectivity index (χ0) is 18.5. The van der Waals surface area contributed by atoms with E-state index in [1.165, 1.54) is 5.56 Å². The van der Waals surface area contributed by atoms with Crippen LogP contribution in [0.15, 0.2) is 24.3 Å². The second kappa shape index (κ2) is 8.35. The van der Waals surface area contributed by atoms with Crippen LogP contribution in [0.2, 0.25) is 0 Å². The molecule has 0 aliphatic heterocycles. The Morgan fingerprint density at radius 1 is 1.20 bits per heavy atom. The number of esters is 1. The number of hydrogen-bond acceptors (Lipinski definition) is 3. The summed E-state index contributed by atoms with van der Waals surface area (Å²) in [6.07, 6.45) is 7.01. The zero-order valence-corrected chi connectivity index (χ0v) is 16.3. The predicted molar refractivity (Wildman–Crippen MR) is 101 cm³/mol. The summed E-state index contributed by atoms with van der Waals surface area (Å²) in [6, 6.07) is 8.08. The normalized spacial score (nSPS) is 18.1. The van der Waals surface area contributed by atoms with Crippen LogP contribution in [-0.4, -0.2) is 16.7 Å². The first kappa shape index (κ1) is 20.0. The highest BCUT2D eigenvalue weighted by atomic mass is 16.6. The van der Waals surface area contributed by atoms with Crippen molar-refractivity contribution in [1.82, 2.24) is 0 Å². The SMILES string of the molecule is CCC(CC(C)(C)C(=O)OC1(CC)CCCC1)c1ccc(CO)cc1. The lowest BCUT2D eigenvalue weighted by Crippen LogP contribution is -2.38. The van der Waals surface area contributed by atoms with Crippen molar-refractivity contribution in [1.29, 1.82) is 0 Å². The maximum Gasteiger partial charge on any atom is 0.312 e. The second-order valence-corrected chi connectivity index (χ2v) is 8.23. The summed E-state index contributed by atoms with van der Waals surface area (Å²) in [4.78, 5) is 12.9. The van der Waals surface area contributed by atoms with Crippen molar-refractivity contribution >= 4 is 5.97 Å². The molecule has 1 aromatic rings. The maximum atomic E-state index is 12.9. The van der Waals surface area contributed by atoms with Crippen LogP contribution < -0.4 is 0 Å². The summed E-state index contributed by atoms with van der Waals surface area (Å²) in [5.41, 5.74) is 1.43. The molecular weight excluding hydrogens is 312 g/mol. The summed E-state index contributed by atoms with van der Waals surface area (Å²) in [7, 11) is 0. The maximum absolute atomic E-state index is 12.9. The Morgan fingerprint density at radius 3 is 2.28 bits per heavy atom. The smallest absolute Gasteiger partial charge is 0.312 e. The van der Waals surface area contributed by atoms with E-state index in [-0.39, 0.29) is 18.2 Å². The van der Waals surface area contributed by atoms with Gasteiger partial charge in [0.2, 0.25) is 0 Å². The lowest BCUT2D eigenvalue weighted by molar-refractivity contribution is -0.171. The molecule has 1 unspecified atom stereocenters. The van der Waals surface area contributed by atoms with E-state index in [9.17, 15) is 9.90 Å². The van der Waals surface area contributed by atoms with Gasteiger partial charge in [0, 0.05) is 0 Å². The van der Waals surface area contributed by atoms with Crippen LogP contribution in [0.4, 0.5) is 0 Å². The van der Waals surface area contributed by atoms with E-state index in [2.05, 4.69) is 26.0 Å². The zero-order valence-electron chi connectivity index (χ0n) is 16.3. The summed E-state index contributed by atoms with van der Waals surface area (Å²) in [5, 5.41) is 9.21. The molecule has 25 heavy (non-hydrogen) atoms. The Hall–Kier alpha value is -1.35. The van der Waals surface area contributed by atoms with Crippen LogP contribution in [0.1, 0.15) is 89.7 Å². The Labute approximate surface area is 152 Å². The minimum Gasteiger partial charge on any atom is -0.459 e. The van der Waals surface area contributed by atoms with Crippen molar-refractivity contribution in [3.63, 3.8) is 0 Å². The van der Waals surface area contributed by atoms with Gasteiger partial charge in [-0.3, -0.25) is 4.79 Å². The van der Waals surface area contributed by atoms with Crippen LogP contribution in [-0.2, 0) is 16.1 Å². The lowest BCUT2D eigenvalue weighted by Gasteiger charge is -2.34. The number of carbonyl (C=O) groups is 1. The molecule has 1 aromatic carbocycles. The van der Waals surface area contributed by atoms with Crippen LogP contribution in [0.5, 0.6) is 0 Å². The Balaban J connectivity index is 2.07. The molecule has 1 N–H and O–H groups in total. The fourth-order valence-corrected chi connectivity index (χ4v) is 3.97. The van der Waals surface area contributed by atoms with Gasteiger partial charge in [0.15, 0.2) is 0 Å². The third-order valence-corrected chi connectivity index (χ3v) is 5.90. The van der Waals surface area contributed by atoms with Crippen molar-refractivity contribution in [3.05, 3.63) is 35.4 Å². The van der Waals surface area contributed by atoms with E-state index < -0.39 is 5.41 Å². The van der Waals surface area contributed by atoms with Gasteiger partial charge in [-0.25, -0.2) is 0 Å². The molecule has 0 amide bonds. The molecule has 1 fully saturated rings. The van der Waals surface area contributed by atoms with Crippen LogP contribution in [0.25, 0.3) is 0 Å². The molecule has 0 aromatic heterocycles. The van der Waals surface area contributed by atoms with E-state index >= 15 is 0 Å². The highest BCUT2D eigenvalue weighted by Gasteiger charge is 2.41. The lowest BCUT2D eigenvalue weighted by atomic mass is 9.78. The molecule has 3 nitrogen and oxygen atoms in total. The van der Waals surface area contributed by atoms with Crippen LogP contribution in [0, 0.1) is 5.41 Å². The van der Waals surface area contributed by atoms with Crippen molar-refractivity contribution in [2.24, 2.45) is 5.41 Å². The molecule has 2 rings (SSSR count). The molecule has 0 saturated heterocycles. The third kappa shape index (κ3) is 4.84. The van der Waals surface area contributed by atoms with Crippen molar-refractivity contribution < 1.29 is 14.6 Å². The number of carbonyl (C=O) groups excluding carboxylic acids is 1. The summed E-state index contributed by atoms with van der Waals surface area (Å²) in [6.45, 7) is 8.38. The highest BCUT2D eigenvalue weighted by molar-refractivity contribution is 5.76. The molecule has 140 valence electrons. The van der Waals surface area contributed by atoms with E-state index in [0.717, 1.165) is 50.5 Å². The van der Waals surface area contributed by atoms with Gasteiger partial charge in [-0.2, -0.15) is 0 Å². The fraction of sp³-hybridized carbons (Fsp3) is 0.682. The number of benzene rings is 1. The number of hydrogen-bond donors (Lipinski definition) is 1. The number of aliphatic hydroxyl groups is 1. The first-order chi connectivity index (χ1) is 11.9. The largest absolute Gasteiger partial charge is 0.459 e. The Bertz CT molecular complexity index is 553. The number of ether oxygens (including phenoxy) is 1. The van der Waals surface area contributed by atoms with E-state index in [1.54, 1.807) is 0 Å². The van der Waals surface area contributed by atoms with E-state index in [4.69, 9.17) is 4.74 Å².